The van der Waals surface area contributed by atoms with Crippen LogP contribution in [-0.4, -0.2) is 36.3 Å². The first kappa shape index (κ1) is 15.8. The van der Waals surface area contributed by atoms with Crippen molar-refractivity contribution in [3.05, 3.63) is 48.1 Å². The van der Waals surface area contributed by atoms with Gasteiger partial charge in [-0.3, -0.25) is 9.59 Å². The fourth-order valence-corrected chi connectivity index (χ4v) is 3.08. The van der Waals surface area contributed by atoms with Crippen LogP contribution in [0.5, 0.6) is 11.5 Å². The van der Waals surface area contributed by atoms with E-state index >= 15 is 0 Å². The third kappa shape index (κ3) is 2.26. The molecule has 0 bridgehead atoms. The molecule has 1 aliphatic carbocycles. The van der Waals surface area contributed by atoms with Gasteiger partial charge in [0, 0.05) is 6.54 Å². The summed E-state index contributed by atoms with van der Waals surface area (Å²) in [4.78, 5) is 25.3. The first-order valence-electron chi connectivity index (χ1n) is 7.40. The van der Waals surface area contributed by atoms with Crippen LogP contribution >= 0.6 is 0 Å². The number of amides is 1. The second-order valence-corrected chi connectivity index (χ2v) is 5.63. The maximum atomic E-state index is 12.3. The third-order valence-corrected chi connectivity index (χ3v) is 4.39. The molecule has 1 aromatic rings. The van der Waals surface area contributed by atoms with Gasteiger partial charge in [-0.25, -0.2) is 0 Å². The highest BCUT2D eigenvalue weighted by molar-refractivity contribution is 6.03. The molecule has 6 nitrogen and oxygen atoms in total. The summed E-state index contributed by atoms with van der Waals surface area (Å²) in [5.74, 6) is -0.0421. The fraction of sp³-hybridized carbons (Fsp3) is 0.278. The van der Waals surface area contributed by atoms with Crippen LogP contribution in [0.15, 0.2) is 42.5 Å². The van der Waals surface area contributed by atoms with E-state index in [1.165, 1.54) is 12.2 Å². The zero-order chi connectivity index (χ0) is 17.3. The number of hydrogen-bond donors (Lipinski definition) is 0. The molecular weight excluding hydrogens is 308 g/mol. The Morgan fingerprint density at radius 1 is 1.17 bits per heavy atom. The number of ether oxygens (including phenoxy) is 2. The van der Waals surface area contributed by atoms with E-state index in [4.69, 9.17) is 9.47 Å². The Hall–Kier alpha value is -3.07. The molecule has 0 saturated carbocycles. The number of nitrogens with zero attached hydrogens (tertiary/aromatic N) is 2. The summed E-state index contributed by atoms with van der Waals surface area (Å²) in [6, 6.07) is 7.43. The Morgan fingerprint density at radius 3 is 2.42 bits per heavy atom. The standard InChI is InChI=1S/C18H16N2O4/c1-23-15-4-3-12(9-16(15)24-2)11-20-17(22)14(10-19)18(20)7-5-13(21)6-8-18/h3-9,14H,11H2,1-2H3. The van der Waals surface area contributed by atoms with Crippen molar-refractivity contribution < 1.29 is 19.1 Å². The zero-order valence-electron chi connectivity index (χ0n) is 13.4. The maximum Gasteiger partial charge on any atom is 0.244 e. The number of rotatable bonds is 4. The molecule has 0 aromatic heterocycles. The van der Waals surface area contributed by atoms with E-state index in [1.54, 1.807) is 43.4 Å². The lowest BCUT2D eigenvalue weighted by Crippen LogP contribution is -2.68. The molecule has 0 radical (unpaired) electrons. The van der Waals surface area contributed by atoms with Gasteiger partial charge in [0.05, 0.1) is 20.3 Å². The topological polar surface area (TPSA) is 79.6 Å². The molecule has 1 fully saturated rings. The van der Waals surface area contributed by atoms with Crippen LogP contribution in [0.3, 0.4) is 0 Å². The highest BCUT2D eigenvalue weighted by Crippen LogP contribution is 2.43. The molecule has 2 aliphatic rings. The Morgan fingerprint density at radius 2 is 1.83 bits per heavy atom. The molecule has 0 N–H and O–H groups in total. The van der Waals surface area contributed by atoms with Crippen molar-refractivity contribution >= 4 is 11.7 Å². The molecule has 1 amide bonds. The lowest BCUT2D eigenvalue weighted by molar-refractivity contribution is -0.157. The molecule has 6 heteroatoms. The molecule has 3 rings (SSSR count). The summed E-state index contributed by atoms with van der Waals surface area (Å²) in [5.41, 5.74) is -0.0112. The number of carbonyl (C=O) groups is 2. The van der Waals surface area contributed by atoms with Crippen LogP contribution in [0.25, 0.3) is 0 Å². The second kappa shape index (κ2) is 5.85. The molecule has 1 aliphatic heterocycles. The Balaban J connectivity index is 1.91. The number of allylic oxidation sites excluding steroid dienone is 2. The van der Waals surface area contributed by atoms with Gasteiger partial charge < -0.3 is 14.4 Å². The minimum atomic E-state index is -0.854. The number of hydrogen-bond acceptors (Lipinski definition) is 5. The van der Waals surface area contributed by atoms with E-state index < -0.39 is 11.5 Å². The Bertz CT molecular complexity index is 788. The molecule has 1 saturated heterocycles. The van der Waals surface area contributed by atoms with Gasteiger partial charge >= 0.3 is 0 Å². The Kier molecular flexibility index (Phi) is 3.86. The summed E-state index contributed by atoms with van der Waals surface area (Å²) in [7, 11) is 3.10. The second-order valence-electron chi connectivity index (χ2n) is 5.63. The lowest BCUT2D eigenvalue weighted by atomic mass is 9.71. The third-order valence-electron chi connectivity index (χ3n) is 4.39. The minimum absolute atomic E-state index is 0.150. The van der Waals surface area contributed by atoms with Crippen LogP contribution in [-0.2, 0) is 16.1 Å². The van der Waals surface area contributed by atoms with E-state index in [0.29, 0.717) is 18.0 Å². The number of β-lactam (4-membered cyclic amide) rings is 1. The van der Waals surface area contributed by atoms with E-state index in [9.17, 15) is 14.9 Å². The van der Waals surface area contributed by atoms with Crippen molar-refractivity contribution in [3.8, 4) is 17.6 Å². The smallest absolute Gasteiger partial charge is 0.244 e. The molecule has 1 heterocycles. The highest BCUT2D eigenvalue weighted by Gasteiger charge is 2.58. The van der Waals surface area contributed by atoms with Crippen LogP contribution in [0.1, 0.15) is 5.56 Å². The van der Waals surface area contributed by atoms with Crippen molar-refractivity contribution in [1.29, 1.82) is 5.26 Å². The average Bonchev–Trinajstić information content (AvgIpc) is 2.61. The van der Waals surface area contributed by atoms with Crippen LogP contribution in [0.2, 0.25) is 0 Å². The van der Waals surface area contributed by atoms with Gasteiger partial charge in [0.15, 0.2) is 23.2 Å². The molecule has 1 atom stereocenters. The van der Waals surface area contributed by atoms with Gasteiger partial charge in [0.1, 0.15) is 5.54 Å². The van der Waals surface area contributed by atoms with Gasteiger partial charge in [-0.2, -0.15) is 5.26 Å². The van der Waals surface area contributed by atoms with Crippen molar-refractivity contribution in [2.75, 3.05) is 14.2 Å². The van der Waals surface area contributed by atoms with E-state index in [1.807, 2.05) is 12.1 Å². The van der Waals surface area contributed by atoms with Crippen LogP contribution in [0, 0.1) is 17.2 Å². The normalized spacial score (nSPS) is 20.7. The van der Waals surface area contributed by atoms with Crippen molar-refractivity contribution in [2.24, 2.45) is 5.92 Å². The number of nitriles is 1. The van der Waals surface area contributed by atoms with Crippen molar-refractivity contribution in [3.63, 3.8) is 0 Å². The molecule has 122 valence electrons. The fourth-order valence-electron chi connectivity index (χ4n) is 3.08. The van der Waals surface area contributed by atoms with Gasteiger partial charge in [-0.15, -0.1) is 0 Å². The summed E-state index contributed by atoms with van der Waals surface area (Å²) in [6.45, 7) is 0.306. The summed E-state index contributed by atoms with van der Waals surface area (Å²) >= 11 is 0. The zero-order valence-corrected chi connectivity index (χ0v) is 13.4. The number of carbonyl (C=O) groups excluding carboxylic acids is 2. The van der Waals surface area contributed by atoms with Gasteiger partial charge in [0.25, 0.3) is 0 Å². The molecule has 1 spiro atoms. The predicted molar refractivity (Wildman–Crippen MR) is 85.2 cm³/mol. The van der Waals surface area contributed by atoms with Gasteiger partial charge in [0.2, 0.25) is 5.91 Å². The van der Waals surface area contributed by atoms with Crippen LogP contribution in [0.4, 0.5) is 0 Å². The first-order chi connectivity index (χ1) is 11.6. The largest absolute Gasteiger partial charge is 0.493 e. The minimum Gasteiger partial charge on any atom is -0.493 e. The number of benzene rings is 1. The molecule has 24 heavy (non-hydrogen) atoms. The molecule has 1 unspecified atom stereocenters. The summed E-state index contributed by atoms with van der Waals surface area (Å²) in [5, 5.41) is 9.29. The highest BCUT2D eigenvalue weighted by atomic mass is 16.5. The van der Waals surface area contributed by atoms with Crippen molar-refractivity contribution in [2.45, 2.75) is 12.1 Å². The molecule has 1 aromatic carbocycles. The summed E-state index contributed by atoms with van der Waals surface area (Å²) < 4.78 is 10.5. The number of ketones is 1. The number of methoxy groups -OCH3 is 2. The quantitative estimate of drug-likeness (QED) is 0.786. The van der Waals surface area contributed by atoms with Gasteiger partial charge in [-0.1, -0.05) is 6.07 Å². The van der Waals surface area contributed by atoms with E-state index in [0.717, 1.165) is 5.56 Å². The SMILES string of the molecule is COc1ccc(CN2C(=O)C(C#N)C23C=CC(=O)C=C3)cc1OC. The van der Waals surface area contributed by atoms with Gasteiger partial charge in [-0.05, 0) is 42.0 Å². The Labute approximate surface area is 139 Å². The van der Waals surface area contributed by atoms with E-state index in [2.05, 4.69) is 0 Å². The monoisotopic (exact) mass is 324 g/mol. The summed E-state index contributed by atoms with van der Waals surface area (Å²) in [6.07, 6.45) is 6.06. The maximum absolute atomic E-state index is 12.3. The number of likely N-dealkylation sites (tertiary alicyclic amines) is 1. The first-order valence-corrected chi connectivity index (χ1v) is 7.40. The van der Waals surface area contributed by atoms with Crippen LogP contribution < -0.4 is 9.47 Å². The average molecular weight is 324 g/mol. The van der Waals surface area contributed by atoms with Crippen molar-refractivity contribution in [1.82, 2.24) is 4.90 Å². The van der Waals surface area contributed by atoms with E-state index in [-0.39, 0.29) is 11.7 Å². The lowest BCUT2D eigenvalue weighted by Gasteiger charge is -2.52. The molecular formula is C18H16N2O4. The predicted octanol–water partition coefficient (Wildman–Crippen LogP) is 1.62.